The maximum atomic E-state index is 6.19. The Kier molecular flexibility index (Phi) is 5.43. The van der Waals surface area contributed by atoms with E-state index in [1.165, 1.54) is 11.1 Å². The van der Waals surface area contributed by atoms with Crippen molar-refractivity contribution in [2.24, 2.45) is 0 Å². The normalized spacial score (nSPS) is 10.9. The van der Waals surface area contributed by atoms with Gasteiger partial charge in [0, 0.05) is 22.6 Å². The number of nitrogens with one attached hydrogen (secondary N) is 1. The smallest absolute Gasteiger partial charge is 0.137 e. The van der Waals surface area contributed by atoms with Crippen molar-refractivity contribution >= 4 is 27.5 Å². The Morgan fingerprint density at radius 1 is 1.04 bits per heavy atom. The fourth-order valence-corrected chi connectivity index (χ4v) is 2.88. The van der Waals surface area contributed by atoms with E-state index < -0.39 is 0 Å². The van der Waals surface area contributed by atoms with Crippen LogP contribution in [0.25, 0.3) is 0 Å². The number of aromatic nitrogens is 3. The van der Waals surface area contributed by atoms with E-state index in [4.69, 9.17) is 11.6 Å². The minimum atomic E-state index is 0.735. The molecule has 1 N–H and O–H groups in total. The Hall–Kier alpha value is -1.69. The second kappa shape index (κ2) is 7.73. The molecule has 0 radical (unpaired) electrons. The van der Waals surface area contributed by atoms with E-state index in [1.807, 2.05) is 22.9 Å². The summed E-state index contributed by atoms with van der Waals surface area (Å²) < 4.78 is 2.85. The molecule has 3 aromatic rings. The highest BCUT2D eigenvalue weighted by Gasteiger charge is 2.02. The quantitative estimate of drug-likeness (QED) is 0.690. The lowest BCUT2D eigenvalue weighted by atomic mass is 10.1. The van der Waals surface area contributed by atoms with Crippen LogP contribution in [0, 0.1) is 0 Å². The Morgan fingerprint density at radius 2 is 1.83 bits per heavy atom. The molecule has 118 valence electrons. The average Bonchev–Trinajstić information content (AvgIpc) is 3.05. The van der Waals surface area contributed by atoms with Crippen molar-refractivity contribution in [2.75, 3.05) is 0 Å². The number of rotatable bonds is 6. The first-order chi connectivity index (χ1) is 11.2. The van der Waals surface area contributed by atoms with Crippen LogP contribution in [0.15, 0.2) is 59.6 Å². The van der Waals surface area contributed by atoms with Gasteiger partial charge in [0.05, 0.1) is 6.54 Å². The van der Waals surface area contributed by atoms with Crippen LogP contribution in [0.5, 0.6) is 0 Å². The molecular formula is C17H16BrClN4. The van der Waals surface area contributed by atoms with Gasteiger partial charge < -0.3 is 5.32 Å². The van der Waals surface area contributed by atoms with Gasteiger partial charge in [-0.15, -0.1) is 0 Å². The topological polar surface area (TPSA) is 42.7 Å². The van der Waals surface area contributed by atoms with Crippen LogP contribution in [-0.2, 0) is 19.6 Å². The molecule has 23 heavy (non-hydrogen) atoms. The minimum Gasteiger partial charge on any atom is -0.309 e. The van der Waals surface area contributed by atoms with E-state index >= 15 is 0 Å². The molecule has 0 unspecified atom stereocenters. The van der Waals surface area contributed by atoms with Crippen LogP contribution >= 0.6 is 27.5 Å². The predicted molar refractivity (Wildman–Crippen MR) is 95.3 cm³/mol. The first kappa shape index (κ1) is 16.2. The van der Waals surface area contributed by atoms with Gasteiger partial charge in [-0.25, -0.2) is 9.67 Å². The van der Waals surface area contributed by atoms with Crippen molar-refractivity contribution in [3.8, 4) is 0 Å². The Labute approximate surface area is 148 Å². The van der Waals surface area contributed by atoms with Gasteiger partial charge in [0.15, 0.2) is 0 Å². The van der Waals surface area contributed by atoms with Gasteiger partial charge in [-0.3, -0.25) is 0 Å². The molecule has 1 aromatic heterocycles. The zero-order valence-electron chi connectivity index (χ0n) is 12.4. The van der Waals surface area contributed by atoms with Gasteiger partial charge in [0.2, 0.25) is 0 Å². The standard InChI is InChI=1S/C17H16BrClN4/c18-16-5-6-17(19)15(7-16)9-20-8-13-1-3-14(4-2-13)10-23-12-21-11-22-23/h1-7,11-12,20H,8-10H2. The molecule has 0 atom stereocenters. The van der Waals surface area contributed by atoms with Gasteiger partial charge in [0.1, 0.15) is 12.7 Å². The van der Waals surface area contributed by atoms with Crippen molar-refractivity contribution < 1.29 is 0 Å². The van der Waals surface area contributed by atoms with E-state index in [2.05, 4.69) is 55.6 Å². The molecule has 0 spiro atoms. The Morgan fingerprint density at radius 3 is 2.57 bits per heavy atom. The van der Waals surface area contributed by atoms with Crippen LogP contribution in [0.3, 0.4) is 0 Å². The summed E-state index contributed by atoms with van der Waals surface area (Å²) in [6, 6.07) is 14.4. The molecule has 2 aromatic carbocycles. The van der Waals surface area contributed by atoms with Crippen molar-refractivity contribution in [3.05, 3.63) is 81.3 Å². The van der Waals surface area contributed by atoms with Crippen LogP contribution in [0.1, 0.15) is 16.7 Å². The zero-order valence-corrected chi connectivity index (χ0v) is 14.8. The van der Waals surface area contributed by atoms with Crippen molar-refractivity contribution in [1.82, 2.24) is 20.1 Å². The van der Waals surface area contributed by atoms with E-state index in [0.717, 1.165) is 34.7 Å². The molecule has 0 saturated heterocycles. The molecule has 0 amide bonds. The summed E-state index contributed by atoms with van der Waals surface area (Å²) in [6.07, 6.45) is 3.27. The number of hydrogen-bond donors (Lipinski definition) is 1. The van der Waals surface area contributed by atoms with E-state index in [9.17, 15) is 0 Å². The third-order valence-corrected chi connectivity index (χ3v) is 4.35. The summed E-state index contributed by atoms with van der Waals surface area (Å²) in [5, 5.41) is 8.31. The summed E-state index contributed by atoms with van der Waals surface area (Å²) in [6.45, 7) is 2.27. The monoisotopic (exact) mass is 390 g/mol. The molecule has 0 fully saturated rings. The van der Waals surface area contributed by atoms with Crippen LogP contribution < -0.4 is 5.32 Å². The van der Waals surface area contributed by atoms with Gasteiger partial charge in [-0.05, 0) is 34.9 Å². The van der Waals surface area contributed by atoms with Crippen molar-refractivity contribution in [3.63, 3.8) is 0 Å². The summed E-state index contributed by atoms with van der Waals surface area (Å²) in [5.74, 6) is 0. The predicted octanol–water partition coefficient (Wildman–Crippen LogP) is 4.03. The highest BCUT2D eigenvalue weighted by atomic mass is 79.9. The lowest BCUT2D eigenvalue weighted by molar-refractivity contribution is 0.680. The zero-order chi connectivity index (χ0) is 16.1. The number of benzene rings is 2. The fraction of sp³-hybridized carbons (Fsp3) is 0.176. The summed E-state index contributed by atoms with van der Waals surface area (Å²) in [4.78, 5) is 3.95. The van der Waals surface area contributed by atoms with Crippen LogP contribution in [0.2, 0.25) is 5.02 Å². The van der Waals surface area contributed by atoms with Gasteiger partial charge in [0.25, 0.3) is 0 Å². The van der Waals surface area contributed by atoms with E-state index in [0.29, 0.717) is 0 Å². The van der Waals surface area contributed by atoms with Gasteiger partial charge in [-0.1, -0.05) is 51.8 Å². The molecule has 0 saturated carbocycles. The molecule has 0 aliphatic heterocycles. The van der Waals surface area contributed by atoms with Crippen LogP contribution in [0.4, 0.5) is 0 Å². The number of hydrogen-bond acceptors (Lipinski definition) is 3. The molecule has 0 bridgehead atoms. The summed E-state index contributed by atoms with van der Waals surface area (Å²) in [5.41, 5.74) is 3.52. The molecule has 4 nitrogen and oxygen atoms in total. The first-order valence-electron chi connectivity index (χ1n) is 7.25. The largest absolute Gasteiger partial charge is 0.309 e. The lowest BCUT2D eigenvalue weighted by Gasteiger charge is -2.08. The molecule has 6 heteroatoms. The maximum Gasteiger partial charge on any atom is 0.137 e. The second-order valence-corrected chi connectivity index (χ2v) is 6.57. The molecule has 3 rings (SSSR count). The SMILES string of the molecule is Clc1ccc(Br)cc1CNCc1ccc(Cn2cncn2)cc1. The second-order valence-electron chi connectivity index (χ2n) is 5.25. The molecular weight excluding hydrogens is 376 g/mol. The lowest BCUT2D eigenvalue weighted by Crippen LogP contribution is -2.13. The molecule has 0 aliphatic carbocycles. The molecule has 1 heterocycles. The van der Waals surface area contributed by atoms with E-state index in [-0.39, 0.29) is 0 Å². The van der Waals surface area contributed by atoms with Crippen molar-refractivity contribution in [1.29, 1.82) is 0 Å². The van der Waals surface area contributed by atoms with Crippen molar-refractivity contribution in [2.45, 2.75) is 19.6 Å². The first-order valence-corrected chi connectivity index (χ1v) is 8.43. The highest BCUT2D eigenvalue weighted by Crippen LogP contribution is 2.20. The minimum absolute atomic E-state index is 0.735. The van der Waals surface area contributed by atoms with Gasteiger partial charge >= 0.3 is 0 Å². The average molecular weight is 392 g/mol. The number of halogens is 2. The third-order valence-electron chi connectivity index (χ3n) is 3.49. The fourth-order valence-electron chi connectivity index (χ4n) is 2.28. The Bertz CT molecular complexity index is 757. The van der Waals surface area contributed by atoms with Crippen LogP contribution in [-0.4, -0.2) is 14.8 Å². The number of nitrogens with zero attached hydrogens (tertiary/aromatic N) is 3. The summed E-state index contributed by atoms with van der Waals surface area (Å²) in [7, 11) is 0. The molecule has 0 aliphatic rings. The summed E-state index contributed by atoms with van der Waals surface area (Å²) >= 11 is 9.66. The third kappa shape index (κ3) is 4.64. The highest BCUT2D eigenvalue weighted by molar-refractivity contribution is 9.10. The van der Waals surface area contributed by atoms with Gasteiger partial charge in [-0.2, -0.15) is 5.10 Å². The van der Waals surface area contributed by atoms with E-state index in [1.54, 1.807) is 12.7 Å². The Balaban J connectivity index is 1.53. The maximum absolute atomic E-state index is 6.19.